The van der Waals surface area contributed by atoms with Crippen LogP contribution in [0.1, 0.15) is 17.3 Å². The molecule has 2 aromatic carbocycles. The van der Waals surface area contributed by atoms with E-state index in [9.17, 15) is 0 Å². The predicted molar refractivity (Wildman–Crippen MR) is 108 cm³/mol. The standard InChI is InChI=1S/C21H22BrN2O3/c1-24(2)9-7-14-11-17-19(27-12-26-17)20(25-3)18(14)21(24)23-8-6-13-10-15(22)4-5-16(13)23/h4-6,8,10-11,21H,7,9,12H2,1-3H3/q+1/t21-/m0/s1. The Morgan fingerprint density at radius 3 is 2.85 bits per heavy atom. The molecule has 0 bridgehead atoms. The molecule has 5 rings (SSSR count). The SMILES string of the molecule is COc1c2c(cc3c1[C@@H](n1ccc4cc(Br)ccc41)[N+](C)(C)CC3)OCO2. The Balaban J connectivity index is 1.79. The number of benzene rings is 2. The first-order valence-electron chi connectivity index (χ1n) is 9.08. The van der Waals surface area contributed by atoms with Gasteiger partial charge in [0.15, 0.2) is 17.7 Å². The number of aromatic nitrogens is 1. The molecule has 27 heavy (non-hydrogen) atoms. The fourth-order valence-corrected chi connectivity index (χ4v) is 4.85. The molecule has 0 N–H and O–H groups in total. The van der Waals surface area contributed by atoms with Crippen LogP contribution in [-0.4, -0.2) is 43.6 Å². The summed E-state index contributed by atoms with van der Waals surface area (Å²) in [5, 5.41) is 1.22. The Hall–Kier alpha value is -2.18. The van der Waals surface area contributed by atoms with Crippen LogP contribution in [0.5, 0.6) is 17.2 Å². The van der Waals surface area contributed by atoms with Crippen molar-refractivity contribution in [1.82, 2.24) is 4.57 Å². The molecule has 0 saturated heterocycles. The number of hydrogen-bond acceptors (Lipinski definition) is 3. The normalized spacial score (nSPS) is 19.9. The number of methoxy groups -OCH3 is 1. The molecule has 1 atom stereocenters. The van der Waals surface area contributed by atoms with Crippen molar-refractivity contribution < 1.29 is 18.7 Å². The molecule has 1 aromatic heterocycles. The Kier molecular flexibility index (Phi) is 3.71. The van der Waals surface area contributed by atoms with Crippen LogP contribution in [0.2, 0.25) is 0 Å². The van der Waals surface area contributed by atoms with Crippen LogP contribution < -0.4 is 14.2 Å². The lowest BCUT2D eigenvalue weighted by molar-refractivity contribution is -0.926. The number of rotatable bonds is 2. The zero-order valence-electron chi connectivity index (χ0n) is 15.7. The number of nitrogens with zero attached hydrogens (tertiary/aromatic N) is 2. The highest BCUT2D eigenvalue weighted by Gasteiger charge is 2.42. The van der Waals surface area contributed by atoms with Crippen LogP contribution in [0.25, 0.3) is 10.9 Å². The van der Waals surface area contributed by atoms with Crippen molar-refractivity contribution >= 4 is 26.8 Å². The van der Waals surface area contributed by atoms with Gasteiger partial charge in [-0.3, -0.25) is 4.57 Å². The summed E-state index contributed by atoms with van der Waals surface area (Å²) in [5.41, 5.74) is 3.68. The lowest BCUT2D eigenvalue weighted by atomic mass is 9.93. The molecule has 5 nitrogen and oxygen atoms in total. The molecule has 0 aliphatic carbocycles. The maximum absolute atomic E-state index is 5.87. The van der Waals surface area contributed by atoms with E-state index in [0.717, 1.165) is 39.2 Å². The minimum Gasteiger partial charge on any atom is -0.492 e. The molecule has 2 aliphatic heterocycles. The molecule has 0 unspecified atom stereocenters. The quantitative estimate of drug-likeness (QED) is 0.568. The Morgan fingerprint density at radius 2 is 2.04 bits per heavy atom. The van der Waals surface area contributed by atoms with Crippen molar-refractivity contribution in [1.29, 1.82) is 0 Å². The fraction of sp³-hybridized carbons (Fsp3) is 0.333. The zero-order valence-corrected chi connectivity index (χ0v) is 17.2. The van der Waals surface area contributed by atoms with E-state index in [1.165, 1.54) is 22.0 Å². The number of hydrogen-bond donors (Lipinski definition) is 0. The van der Waals surface area contributed by atoms with Crippen molar-refractivity contribution in [3.8, 4) is 17.2 Å². The molecule has 3 heterocycles. The molecular formula is C21H22BrN2O3+. The number of quaternary nitrogens is 1. The van der Waals surface area contributed by atoms with Gasteiger partial charge in [-0.2, -0.15) is 0 Å². The largest absolute Gasteiger partial charge is 0.492 e. The molecule has 2 aliphatic rings. The first-order valence-corrected chi connectivity index (χ1v) is 9.87. The molecule has 140 valence electrons. The number of halogens is 1. The molecule has 0 radical (unpaired) electrons. The van der Waals surface area contributed by atoms with Crippen LogP contribution in [0.15, 0.2) is 41.0 Å². The second-order valence-electron chi connectivity index (χ2n) is 7.77. The highest BCUT2D eigenvalue weighted by atomic mass is 79.9. The highest BCUT2D eigenvalue weighted by molar-refractivity contribution is 9.10. The van der Waals surface area contributed by atoms with Gasteiger partial charge in [0.05, 0.1) is 38.8 Å². The monoisotopic (exact) mass is 429 g/mol. The summed E-state index contributed by atoms with van der Waals surface area (Å²) in [6.45, 7) is 1.29. The zero-order chi connectivity index (χ0) is 18.8. The average Bonchev–Trinajstić information content (AvgIpc) is 3.26. The third-order valence-corrected chi connectivity index (χ3v) is 6.26. The van der Waals surface area contributed by atoms with Gasteiger partial charge in [-0.15, -0.1) is 0 Å². The van der Waals surface area contributed by atoms with Gasteiger partial charge in [0.1, 0.15) is 0 Å². The maximum atomic E-state index is 5.87. The second-order valence-corrected chi connectivity index (χ2v) is 8.68. The fourth-order valence-electron chi connectivity index (χ4n) is 4.47. The van der Waals surface area contributed by atoms with Gasteiger partial charge in [0.2, 0.25) is 12.5 Å². The summed E-state index contributed by atoms with van der Waals surface area (Å²) in [4.78, 5) is 0. The summed E-state index contributed by atoms with van der Waals surface area (Å²) in [6.07, 6.45) is 3.26. The highest BCUT2D eigenvalue weighted by Crippen LogP contribution is 2.51. The summed E-state index contributed by atoms with van der Waals surface area (Å²) < 4.78 is 21.6. The summed E-state index contributed by atoms with van der Waals surface area (Å²) in [6, 6.07) is 10.7. The van der Waals surface area contributed by atoms with Gasteiger partial charge in [-0.1, -0.05) is 15.9 Å². The summed E-state index contributed by atoms with van der Waals surface area (Å²) >= 11 is 3.58. The van der Waals surface area contributed by atoms with E-state index in [-0.39, 0.29) is 13.0 Å². The van der Waals surface area contributed by atoms with Crippen molar-refractivity contribution in [3.05, 3.63) is 52.1 Å². The molecule has 0 spiro atoms. The van der Waals surface area contributed by atoms with Crippen LogP contribution in [0.3, 0.4) is 0 Å². The van der Waals surface area contributed by atoms with Crippen LogP contribution >= 0.6 is 15.9 Å². The number of fused-ring (bicyclic) bond motifs is 3. The minimum atomic E-state index is 0.0943. The lowest BCUT2D eigenvalue weighted by Gasteiger charge is -2.43. The Labute approximate surface area is 166 Å². The second kappa shape index (κ2) is 5.91. The van der Waals surface area contributed by atoms with Gasteiger partial charge in [-0.25, -0.2) is 0 Å². The molecule has 6 heteroatoms. The van der Waals surface area contributed by atoms with E-state index >= 15 is 0 Å². The molecular weight excluding hydrogens is 408 g/mol. The Bertz CT molecular complexity index is 1060. The van der Waals surface area contributed by atoms with Gasteiger partial charge in [-0.05, 0) is 35.9 Å². The topological polar surface area (TPSA) is 32.6 Å². The minimum absolute atomic E-state index is 0.0943. The molecule has 0 saturated carbocycles. The van der Waals surface area contributed by atoms with E-state index < -0.39 is 0 Å². The predicted octanol–water partition coefficient (Wildman–Crippen LogP) is 4.32. The third kappa shape index (κ3) is 2.47. The number of likely N-dealkylation sites (N-methyl/N-ethyl adjacent to an activating group) is 1. The molecule has 0 fully saturated rings. The smallest absolute Gasteiger partial charge is 0.231 e. The third-order valence-electron chi connectivity index (χ3n) is 5.77. The van der Waals surface area contributed by atoms with Gasteiger partial charge >= 0.3 is 0 Å². The first kappa shape index (κ1) is 17.0. The Morgan fingerprint density at radius 1 is 1.19 bits per heavy atom. The van der Waals surface area contributed by atoms with Crippen LogP contribution in [0, 0.1) is 0 Å². The van der Waals surface area contributed by atoms with Gasteiger partial charge in [0, 0.05) is 22.5 Å². The van der Waals surface area contributed by atoms with Crippen molar-refractivity contribution in [2.45, 2.75) is 12.6 Å². The van der Waals surface area contributed by atoms with Crippen LogP contribution in [-0.2, 0) is 6.42 Å². The maximum Gasteiger partial charge on any atom is 0.231 e. The van der Waals surface area contributed by atoms with E-state index in [1.807, 2.05) is 0 Å². The van der Waals surface area contributed by atoms with Crippen molar-refractivity contribution in [3.63, 3.8) is 0 Å². The van der Waals surface area contributed by atoms with Crippen molar-refractivity contribution in [2.24, 2.45) is 0 Å². The van der Waals surface area contributed by atoms with E-state index in [4.69, 9.17) is 14.2 Å². The lowest BCUT2D eigenvalue weighted by Crippen LogP contribution is -2.50. The van der Waals surface area contributed by atoms with Crippen molar-refractivity contribution in [2.75, 3.05) is 34.5 Å². The van der Waals surface area contributed by atoms with E-state index in [0.29, 0.717) is 0 Å². The average molecular weight is 430 g/mol. The van der Waals surface area contributed by atoms with Crippen LogP contribution in [0.4, 0.5) is 0 Å². The molecule has 0 amide bonds. The summed E-state index contributed by atoms with van der Waals surface area (Å²) in [5.74, 6) is 2.31. The molecule has 3 aromatic rings. The number of ether oxygens (including phenoxy) is 3. The van der Waals surface area contributed by atoms with E-state index in [1.54, 1.807) is 7.11 Å². The van der Waals surface area contributed by atoms with Gasteiger partial charge in [0.25, 0.3) is 0 Å². The van der Waals surface area contributed by atoms with Gasteiger partial charge < -0.3 is 18.7 Å². The first-order chi connectivity index (χ1) is 13.0. The van der Waals surface area contributed by atoms with E-state index in [2.05, 4.69) is 71.1 Å². The summed E-state index contributed by atoms with van der Waals surface area (Å²) in [7, 11) is 6.28.